The zero-order valence-electron chi connectivity index (χ0n) is 9.74. The van der Waals surface area contributed by atoms with Crippen LogP contribution in [0.3, 0.4) is 0 Å². The monoisotopic (exact) mass is 250 g/mol. The van der Waals surface area contributed by atoms with E-state index >= 15 is 0 Å². The number of hydrogen-bond acceptors (Lipinski definition) is 5. The van der Waals surface area contributed by atoms with Crippen LogP contribution in [0.2, 0.25) is 0 Å². The molecule has 2 rings (SSSR count). The molecule has 2 heterocycles. The standard InChI is InChI=1S/C11H14N4O3/c12-9(16)8-10(14-4-3-13-8)15-5-1-2-7(6-15)11(17)18/h3-4,7H,1-2,5-6H2,(H2,12,16)(H,17,18). The highest BCUT2D eigenvalue weighted by molar-refractivity contribution is 5.95. The highest BCUT2D eigenvalue weighted by Crippen LogP contribution is 2.23. The van der Waals surface area contributed by atoms with Gasteiger partial charge in [0.05, 0.1) is 5.92 Å². The molecular formula is C11H14N4O3. The van der Waals surface area contributed by atoms with Gasteiger partial charge in [0.2, 0.25) is 0 Å². The predicted molar refractivity (Wildman–Crippen MR) is 63.1 cm³/mol. The molecule has 0 aliphatic carbocycles. The van der Waals surface area contributed by atoms with Crippen molar-refractivity contribution in [3.63, 3.8) is 0 Å². The van der Waals surface area contributed by atoms with Gasteiger partial charge in [-0.25, -0.2) is 9.97 Å². The summed E-state index contributed by atoms with van der Waals surface area (Å²) in [7, 11) is 0. The molecule has 0 aromatic carbocycles. The van der Waals surface area contributed by atoms with Crippen molar-refractivity contribution in [3.8, 4) is 0 Å². The Morgan fingerprint density at radius 1 is 1.39 bits per heavy atom. The van der Waals surface area contributed by atoms with Crippen molar-refractivity contribution in [3.05, 3.63) is 18.1 Å². The molecule has 1 atom stereocenters. The number of anilines is 1. The van der Waals surface area contributed by atoms with E-state index in [4.69, 9.17) is 10.8 Å². The van der Waals surface area contributed by atoms with Crippen LogP contribution in [0.5, 0.6) is 0 Å². The Bertz CT molecular complexity index is 477. The molecule has 1 fully saturated rings. The molecule has 1 aliphatic rings. The van der Waals surface area contributed by atoms with Crippen molar-refractivity contribution in [2.75, 3.05) is 18.0 Å². The molecule has 18 heavy (non-hydrogen) atoms. The molecule has 7 nitrogen and oxygen atoms in total. The summed E-state index contributed by atoms with van der Waals surface area (Å²) in [6.45, 7) is 0.983. The van der Waals surface area contributed by atoms with Crippen LogP contribution in [-0.4, -0.2) is 40.0 Å². The first-order valence-corrected chi connectivity index (χ1v) is 5.68. The van der Waals surface area contributed by atoms with Crippen molar-refractivity contribution in [2.45, 2.75) is 12.8 Å². The number of carbonyl (C=O) groups is 2. The average molecular weight is 250 g/mol. The molecular weight excluding hydrogens is 236 g/mol. The molecule has 3 N–H and O–H groups in total. The van der Waals surface area contributed by atoms with Crippen LogP contribution in [0.25, 0.3) is 0 Å². The summed E-state index contributed by atoms with van der Waals surface area (Å²) in [6.07, 6.45) is 4.23. The zero-order valence-corrected chi connectivity index (χ0v) is 9.74. The van der Waals surface area contributed by atoms with Gasteiger partial charge in [-0.05, 0) is 12.8 Å². The van der Waals surface area contributed by atoms with Crippen molar-refractivity contribution >= 4 is 17.7 Å². The van der Waals surface area contributed by atoms with Crippen LogP contribution in [0, 0.1) is 5.92 Å². The van der Waals surface area contributed by atoms with Gasteiger partial charge in [-0.2, -0.15) is 0 Å². The first-order chi connectivity index (χ1) is 8.59. The van der Waals surface area contributed by atoms with Crippen LogP contribution in [0.1, 0.15) is 23.3 Å². The maximum atomic E-state index is 11.3. The molecule has 1 aromatic rings. The predicted octanol–water partition coefficient (Wildman–Crippen LogP) is -0.124. The van der Waals surface area contributed by atoms with E-state index in [0.717, 1.165) is 6.42 Å². The quantitative estimate of drug-likeness (QED) is 0.773. The maximum absolute atomic E-state index is 11.3. The van der Waals surface area contributed by atoms with Gasteiger partial charge in [0, 0.05) is 25.5 Å². The summed E-state index contributed by atoms with van der Waals surface area (Å²) in [5.41, 5.74) is 5.32. The van der Waals surface area contributed by atoms with E-state index in [1.807, 2.05) is 0 Å². The Kier molecular flexibility index (Phi) is 3.40. The molecule has 1 amide bonds. The van der Waals surface area contributed by atoms with E-state index in [1.54, 1.807) is 4.90 Å². The van der Waals surface area contributed by atoms with Crippen molar-refractivity contribution in [1.82, 2.24) is 9.97 Å². The lowest BCUT2D eigenvalue weighted by Gasteiger charge is -2.31. The number of carboxylic acid groups (broad SMARTS) is 1. The SMILES string of the molecule is NC(=O)c1nccnc1N1CCCC(C(=O)O)C1. The van der Waals surface area contributed by atoms with Gasteiger partial charge in [-0.1, -0.05) is 0 Å². The maximum Gasteiger partial charge on any atom is 0.308 e. The number of carboxylic acids is 1. The molecule has 0 saturated carbocycles. The molecule has 96 valence electrons. The summed E-state index contributed by atoms with van der Waals surface area (Å²) in [5.74, 6) is -1.56. The van der Waals surface area contributed by atoms with E-state index in [1.165, 1.54) is 12.4 Å². The second-order valence-electron chi connectivity index (χ2n) is 4.22. The number of nitrogens with two attached hydrogens (primary N) is 1. The van der Waals surface area contributed by atoms with Gasteiger partial charge in [0.1, 0.15) is 0 Å². The smallest absolute Gasteiger partial charge is 0.308 e. The molecule has 0 bridgehead atoms. The van der Waals surface area contributed by atoms with E-state index in [0.29, 0.717) is 25.3 Å². The number of primary amides is 1. The summed E-state index contributed by atoms with van der Waals surface area (Å²) in [5, 5.41) is 9.03. The number of aromatic nitrogens is 2. The summed E-state index contributed by atoms with van der Waals surface area (Å²) in [6, 6.07) is 0. The lowest BCUT2D eigenvalue weighted by atomic mass is 9.98. The van der Waals surface area contributed by atoms with Crippen LogP contribution in [-0.2, 0) is 4.79 Å². The zero-order chi connectivity index (χ0) is 13.1. The van der Waals surface area contributed by atoms with E-state index in [-0.39, 0.29) is 5.69 Å². The number of carbonyl (C=O) groups excluding carboxylic acids is 1. The first-order valence-electron chi connectivity index (χ1n) is 5.68. The molecule has 0 radical (unpaired) electrons. The lowest BCUT2D eigenvalue weighted by molar-refractivity contribution is -0.141. The Hall–Kier alpha value is -2.18. The van der Waals surface area contributed by atoms with Crippen molar-refractivity contribution in [1.29, 1.82) is 0 Å². The number of hydrogen-bond donors (Lipinski definition) is 2. The molecule has 1 saturated heterocycles. The Labute approximate surface area is 104 Å². The van der Waals surface area contributed by atoms with Crippen LogP contribution in [0.15, 0.2) is 12.4 Å². The van der Waals surface area contributed by atoms with Crippen LogP contribution < -0.4 is 10.6 Å². The largest absolute Gasteiger partial charge is 0.481 e. The summed E-state index contributed by atoms with van der Waals surface area (Å²) < 4.78 is 0. The number of rotatable bonds is 3. The minimum atomic E-state index is -0.829. The molecule has 7 heteroatoms. The highest BCUT2D eigenvalue weighted by Gasteiger charge is 2.28. The molecule has 0 spiro atoms. The normalized spacial score (nSPS) is 19.6. The summed E-state index contributed by atoms with van der Waals surface area (Å²) in [4.78, 5) is 32.0. The third-order valence-electron chi connectivity index (χ3n) is 2.98. The first kappa shape index (κ1) is 12.3. The van der Waals surface area contributed by atoms with Gasteiger partial charge in [0.15, 0.2) is 11.5 Å². The highest BCUT2D eigenvalue weighted by atomic mass is 16.4. The molecule has 1 aromatic heterocycles. The van der Waals surface area contributed by atoms with Gasteiger partial charge >= 0.3 is 5.97 Å². The minimum Gasteiger partial charge on any atom is -0.481 e. The van der Waals surface area contributed by atoms with E-state index in [9.17, 15) is 9.59 Å². The number of amides is 1. The van der Waals surface area contributed by atoms with Gasteiger partial charge in [0.25, 0.3) is 5.91 Å². The third-order valence-corrected chi connectivity index (χ3v) is 2.98. The van der Waals surface area contributed by atoms with E-state index < -0.39 is 17.8 Å². The van der Waals surface area contributed by atoms with Crippen LogP contribution in [0.4, 0.5) is 5.82 Å². The second kappa shape index (κ2) is 4.99. The second-order valence-corrected chi connectivity index (χ2v) is 4.22. The lowest BCUT2D eigenvalue weighted by Crippen LogP contribution is -2.40. The fourth-order valence-electron chi connectivity index (χ4n) is 2.11. The molecule has 1 aliphatic heterocycles. The van der Waals surface area contributed by atoms with Crippen LogP contribution >= 0.6 is 0 Å². The topological polar surface area (TPSA) is 109 Å². The van der Waals surface area contributed by atoms with Crippen molar-refractivity contribution < 1.29 is 14.7 Å². The number of nitrogens with zero attached hydrogens (tertiary/aromatic N) is 3. The van der Waals surface area contributed by atoms with Gasteiger partial charge in [-0.3, -0.25) is 9.59 Å². The summed E-state index contributed by atoms with van der Waals surface area (Å²) >= 11 is 0. The number of aliphatic carboxylic acids is 1. The molecule has 1 unspecified atom stereocenters. The van der Waals surface area contributed by atoms with E-state index in [2.05, 4.69) is 9.97 Å². The fraction of sp³-hybridized carbons (Fsp3) is 0.455. The Balaban J connectivity index is 2.26. The Morgan fingerprint density at radius 2 is 2.11 bits per heavy atom. The Morgan fingerprint density at radius 3 is 2.78 bits per heavy atom. The minimum absolute atomic E-state index is 0.0866. The van der Waals surface area contributed by atoms with Crippen molar-refractivity contribution in [2.24, 2.45) is 11.7 Å². The average Bonchev–Trinajstić information content (AvgIpc) is 2.39. The van der Waals surface area contributed by atoms with Gasteiger partial charge < -0.3 is 15.7 Å². The third kappa shape index (κ3) is 2.39. The van der Waals surface area contributed by atoms with Gasteiger partial charge in [-0.15, -0.1) is 0 Å². The number of piperidine rings is 1. The fourth-order valence-corrected chi connectivity index (χ4v) is 2.11.